The molecule has 1 rings (SSSR count). The summed E-state index contributed by atoms with van der Waals surface area (Å²) in [5.41, 5.74) is 6.15. The summed E-state index contributed by atoms with van der Waals surface area (Å²) >= 11 is 0. The minimum atomic E-state index is -2.81. The summed E-state index contributed by atoms with van der Waals surface area (Å²) in [5, 5.41) is 14.3. The zero-order valence-electron chi connectivity index (χ0n) is 10.4. The van der Waals surface area contributed by atoms with E-state index in [-0.39, 0.29) is 11.6 Å². The predicted molar refractivity (Wildman–Crippen MR) is 68.8 cm³/mol. The minimum absolute atomic E-state index is 0.132. The number of rotatable bonds is 8. The van der Waals surface area contributed by atoms with Crippen LogP contribution in [0.1, 0.15) is 19.3 Å². The number of halogens is 2. The SMILES string of the molecule is NC(CCCCNc1ccc(OC(F)F)cc1)=NO. The number of benzene rings is 1. The third kappa shape index (κ3) is 6.44. The van der Waals surface area contributed by atoms with Crippen molar-refractivity contribution in [2.75, 3.05) is 11.9 Å². The molecule has 0 fully saturated rings. The van der Waals surface area contributed by atoms with E-state index in [1.807, 2.05) is 0 Å². The number of nitrogens with zero attached hydrogens (tertiary/aromatic N) is 1. The lowest BCUT2D eigenvalue weighted by Gasteiger charge is -2.08. The Morgan fingerprint density at radius 3 is 2.58 bits per heavy atom. The zero-order valence-corrected chi connectivity index (χ0v) is 10.4. The number of hydrogen-bond donors (Lipinski definition) is 3. The number of unbranched alkanes of at least 4 members (excludes halogenated alkanes) is 1. The van der Waals surface area contributed by atoms with Gasteiger partial charge in [0.25, 0.3) is 0 Å². The first-order valence-corrected chi connectivity index (χ1v) is 5.87. The second-order valence-corrected chi connectivity index (χ2v) is 3.88. The predicted octanol–water partition coefficient (Wildman–Crippen LogP) is 2.62. The van der Waals surface area contributed by atoms with Gasteiger partial charge in [0.1, 0.15) is 11.6 Å². The van der Waals surface area contributed by atoms with Crippen LogP contribution >= 0.6 is 0 Å². The van der Waals surface area contributed by atoms with Crippen molar-refractivity contribution >= 4 is 11.5 Å². The maximum Gasteiger partial charge on any atom is 0.387 e. The van der Waals surface area contributed by atoms with Crippen molar-refractivity contribution in [3.05, 3.63) is 24.3 Å². The van der Waals surface area contributed by atoms with Crippen LogP contribution in [-0.2, 0) is 0 Å². The second kappa shape index (κ2) is 8.12. The van der Waals surface area contributed by atoms with Crippen LogP contribution < -0.4 is 15.8 Å². The number of amidine groups is 1. The standard InChI is InChI=1S/C12H17F2N3O2/c13-12(14)19-10-6-4-9(5-7-10)16-8-2-1-3-11(15)17-18/h4-7,12,16,18H,1-3,8H2,(H2,15,17). The summed E-state index contributed by atoms with van der Waals surface area (Å²) in [6.07, 6.45) is 2.19. The van der Waals surface area contributed by atoms with E-state index in [9.17, 15) is 8.78 Å². The van der Waals surface area contributed by atoms with Gasteiger partial charge in [-0.2, -0.15) is 8.78 Å². The van der Waals surface area contributed by atoms with Crippen LogP contribution in [0.15, 0.2) is 29.4 Å². The third-order valence-electron chi connectivity index (χ3n) is 2.40. The van der Waals surface area contributed by atoms with E-state index in [0.717, 1.165) is 18.5 Å². The van der Waals surface area contributed by atoms with Crippen LogP contribution in [0.5, 0.6) is 5.75 Å². The van der Waals surface area contributed by atoms with Crippen LogP contribution in [0.2, 0.25) is 0 Å². The van der Waals surface area contributed by atoms with Gasteiger partial charge in [0.15, 0.2) is 0 Å². The first kappa shape index (κ1) is 15.0. The molecule has 0 heterocycles. The molecule has 0 spiro atoms. The Morgan fingerprint density at radius 1 is 1.32 bits per heavy atom. The van der Waals surface area contributed by atoms with Crippen LogP contribution in [0.4, 0.5) is 14.5 Å². The molecule has 7 heteroatoms. The topological polar surface area (TPSA) is 79.9 Å². The van der Waals surface area contributed by atoms with Crippen LogP contribution in [-0.4, -0.2) is 24.2 Å². The van der Waals surface area contributed by atoms with Crippen LogP contribution in [0, 0.1) is 0 Å². The van der Waals surface area contributed by atoms with E-state index >= 15 is 0 Å². The Morgan fingerprint density at radius 2 is 2.00 bits per heavy atom. The molecule has 5 nitrogen and oxygen atoms in total. The molecular formula is C12H17F2N3O2. The molecule has 0 aromatic heterocycles. The van der Waals surface area contributed by atoms with Gasteiger partial charge in [-0.25, -0.2) is 0 Å². The lowest BCUT2D eigenvalue weighted by molar-refractivity contribution is -0.0498. The highest BCUT2D eigenvalue weighted by atomic mass is 19.3. The number of nitrogens with one attached hydrogen (secondary N) is 1. The maximum atomic E-state index is 11.9. The molecule has 19 heavy (non-hydrogen) atoms. The molecule has 4 N–H and O–H groups in total. The van der Waals surface area contributed by atoms with Crippen molar-refractivity contribution < 1.29 is 18.7 Å². The van der Waals surface area contributed by atoms with Crippen molar-refractivity contribution in [2.45, 2.75) is 25.9 Å². The molecule has 0 saturated carbocycles. The highest BCUT2D eigenvalue weighted by Gasteiger charge is 2.03. The summed E-state index contributed by atoms with van der Waals surface area (Å²) in [7, 11) is 0. The largest absolute Gasteiger partial charge is 0.435 e. The van der Waals surface area contributed by atoms with Gasteiger partial charge in [0, 0.05) is 18.7 Å². The minimum Gasteiger partial charge on any atom is -0.435 e. The molecule has 106 valence electrons. The third-order valence-corrected chi connectivity index (χ3v) is 2.40. The molecule has 0 unspecified atom stereocenters. The van der Waals surface area contributed by atoms with E-state index in [1.165, 1.54) is 12.1 Å². The molecule has 0 bridgehead atoms. The van der Waals surface area contributed by atoms with Gasteiger partial charge in [-0.15, -0.1) is 0 Å². The summed E-state index contributed by atoms with van der Waals surface area (Å²) in [6.45, 7) is -2.09. The van der Waals surface area contributed by atoms with E-state index in [1.54, 1.807) is 12.1 Å². The van der Waals surface area contributed by atoms with Gasteiger partial charge in [-0.05, 0) is 37.1 Å². The Kier molecular flexibility index (Phi) is 6.42. The first-order valence-electron chi connectivity index (χ1n) is 5.87. The lowest BCUT2D eigenvalue weighted by atomic mass is 10.2. The monoisotopic (exact) mass is 273 g/mol. The van der Waals surface area contributed by atoms with E-state index in [0.29, 0.717) is 13.0 Å². The average molecular weight is 273 g/mol. The Labute approximate surface area is 110 Å². The van der Waals surface area contributed by atoms with Crippen molar-refractivity contribution in [1.29, 1.82) is 0 Å². The summed E-state index contributed by atoms with van der Waals surface area (Å²) in [6, 6.07) is 6.29. The van der Waals surface area contributed by atoms with Gasteiger partial charge < -0.3 is 21.0 Å². The first-order chi connectivity index (χ1) is 9.11. The summed E-state index contributed by atoms with van der Waals surface area (Å²) < 4.78 is 28.1. The Hall–Kier alpha value is -2.05. The van der Waals surface area contributed by atoms with Gasteiger partial charge >= 0.3 is 6.61 Å². The van der Waals surface area contributed by atoms with Gasteiger partial charge in [0.2, 0.25) is 0 Å². The van der Waals surface area contributed by atoms with Gasteiger partial charge in [-0.3, -0.25) is 0 Å². The van der Waals surface area contributed by atoms with Gasteiger partial charge in [0.05, 0.1) is 0 Å². The van der Waals surface area contributed by atoms with Crippen LogP contribution in [0.25, 0.3) is 0 Å². The van der Waals surface area contributed by atoms with Gasteiger partial charge in [-0.1, -0.05) is 5.16 Å². The molecule has 0 aliphatic heterocycles. The quantitative estimate of drug-likeness (QED) is 0.224. The van der Waals surface area contributed by atoms with E-state index in [2.05, 4.69) is 15.2 Å². The number of anilines is 1. The molecule has 0 saturated heterocycles. The Balaban J connectivity index is 2.23. The smallest absolute Gasteiger partial charge is 0.387 e. The highest BCUT2D eigenvalue weighted by molar-refractivity contribution is 5.79. The normalized spacial score (nSPS) is 11.6. The fraction of sp³-hybridized carbons (Fsp3) is 0.417. The second-order valence-electron chi connectivity index (χ2n) is 3.88. The lowest BCUT2D eigenvalue weighted by Crippen LogP contribution is -2.11. The molecule has 1 aromatic rings. The van der Waals surface area contributed by atoms with Crippen molar-refractivity contribution in [2.24, 2.45) is 10.9 Å². The molecule has 0 atom stereocenters. The van der Waals surface area contributed by atoms with E-state index < -0.39 is 6.61 Å². The van der Waals surface area contributed by atoms with Crippen molar-refractivity contribution in [3.63, 3.8) is 0 Å². The average Bonchev–Trinajstić information content (AvgIpc) is 2.39. The van der Waals surface area contributed by atoms with E-state index in [4.69, 9.17) is 10.9 Å². The zero-order chi connectivity index (χ0) is 14.1. The fourth-order valence-electron chi connectivity index (χ4n) is 1.47. The number of alkyl halides is 2. The molecule has 0 aliphatic rings. The van der Waals surface area contributed by atoms with Crippen LogP contribution in [0.3, 0.4) is 0 Å². The fourth-order valence-corrected chi connectivity index (χ4v) is 1.47. The number of hydrogen-bond acceptors (Lipinski definition) is 4. The number of oxime groups is 1. The Bertz CT molecular complexity index is 396. The highest BCUT2D eigenvalue weighted by Crippen LogP contribution is 2.17. The van der Waals surface area contributed by atoms with Crippen molar-refractivity contribution in [1.82, 2.24) is 0 Å². The maximum absolute atomic E-state index is 11.9. The molecular weight excluding hydrogens is 256 g/mol. The molecule has 1 aromatic carbocycles. The summed E-state index contributed by atoms with van der Waals surface area (Å²) in [4.78, 5) is 0. The molecule has 0 amide bonds. The molecule has 0 aliphatic carbocycles. The molecule has 0 radical (unpaired) electrons. The van der Waals surface area contributed by atoms with Crippen molar-refractivity contribution in [3.8, 4) is 5.75 Å². The number of ether oxygens (including phenoxy) is 1. The summed E-state index contributed by atoms with van der Waals surface area (Å²) in [5.74, 6) is 0.348. The number of nitrogens with two attached hydrogens (primary N) is 1.